The summed E-state index contributed by atoms with van der Waals surface area (Å²) in [6, 6.07) is 8.98. The second-order valence-corrected chi connectivity index (χ2v) is 7.48. The Labute approximate surface area is 176 Å². The molecule has 0 aliphatic heterocycles. The molecule has 0 heterocycles. The first-order valence-corrected chi connectivity index (χ1v) is 10.2. The number of ether oxygens (including phenoxy) is 1. The number of benzene rings is 2. The summed E-state index contributed by atoms with van der Waals surface area (Å²) < 4.78 is 70.5. The van der Waals surface area contributed by atoms with E-state index in [1.165, 1.54) is 0 Å². The van der Waals surface area contributed by atoms with Gasteiger partial charge < -0.3 is 4.74 Å². The highest BCUT2D eigenvalue weighted by atomic mass is 32.2. The van der Waals surface area contributed by atoms with Crippen molar-refractivity contribution in [2.45, 2.75) is 6.18 Å². The van der Waals surface area contributed by atoms with Crippen molar-refractivity contribution < 1.29 is 35.4 Å². The van der Waals surface area contributed by atoms with Crippen LogP contribution in [0.4, 0.5) is 18.9 Å². The Kier molecular flexibility index (Phi) is 7.64. The topological polar surface area (TPSA) is 95.7 Å². The van der Waals surface area contributed by atoms with Crippen LogP contribution in [0.5, 0.6) is 5.75 Å². The van der Waals surface area contributed by atoms with Crippen LogP contribution in [0.3, 0.4) is 0 Å². The molecule has 2 aromatic carbocycles. The Morgan fingerprint density at radius 1 is 1.03 bits per heavy atom. The fraction of sp³-hybridized carbons (Fsp3) is 0.200. The number of hydrogen-bond acceptors (Lipinski definition) is 6. The minimum absolute atomic E-state index is 0.224. The van der Waals surface area contributed by atoms with Crippen molar-refractivity contribution in [3.8, 4) is 29.4 Å². The highest BCUT2D eigenvalue weighted by Crippen LogP contribution is 2.38. The lowest BCUT2D eigenvalue weighted by Crippen LogP contribution is -2.09. The van der Waals surface area contributed by atoms with Crippen LogP contribution in [0.15, 0.2) is 42.5 Å². The number of nitro groups is 1. The molecule has 0 aliphatic carbocycles. The average molecular weight is 453 g/mol. The molecule has 11 heteroatoms. The number of halogens is 3. The number of rotatable bonds is 5. The summed E-state index contributed by atoms with van der Waals surface area (Å²) in [5.74, 6) is 10.4. The van der Waals surface area contributed by atoms with Crippen molar-refractivity contribution in [1.29, 1.82) is 0 Å². The van der Waals surface area contributed by atoms with Crippen LogP contribution in [0, 0.1) is 33.8 Å². The molecule has 0 amide bonds. The van der Waals surface area contributed by atoms with E-state index in [9.17, 15) is 31.7 Å². The van der Waals surface area contributed by atoms with Gasteiger partial charge >= 0.3 is 6.18 Å². The number of hydrogen-bond donors (Lipinski definition) is 0. The quantitative estimate of drug-likeness (QED) is 0.298. The van der Waals surface area contributed by atoms with Crippen LogP contribution in [-0.2, 0) is 20.5 Å². The summed E-state index contributed by atoms with van der Waals surface area (Å²) in [7, 11) is -3.61. The average Bonchev–Trinajstić information content (AvgIpc) is 2.68. The maximum atomic E-state index is 13.0. The Bertz CT molecular complexity index is 1200. The molecule has 0 fully saturated rings. The molecule has 2 aromatic rings. The van der Waals surface area contributed by atoms with E-state index in [4.69, 9.17) is 4.74 Å². The Morgan fingerprint density at radius 2 is 1.61 bits per heavy atom. The first-order chi connectivity index (χ1) is 14.5. The molecule has 0 N–H and O–H groups in total. The summed E-state index contributed by atoms with van der Waals surface area (Å²) in [5.41, 5.74) is -1.52. The van der Waals surface area contributed by atoms with Gasteiger partial charge in [0, 0.05) is 17.2 Å². The van der Waals surface area contributed by atoms with E-state index in [-0.39, 0.29) is 19.0 Å². The van der Waals surface area contributed by atoms with Gasteiger partial charge in [-0.25, -0.2) is 0 Å². The van der Waals surface area contributed by atoms with Gasteiger partial charge in [0.15, 0.2) is 0 Å². The molecule has 0 aliphatic rings. The molecular formula is C20H14F3NO6S. The van der Waals surface area contributed by atoms with Crippen molar-refractivity contribution >= 4 is 15.8 Å². The summed E-state index contributed by atoms with van der Waals surface area (Å²) >= 11 is 0. The fourth-order valence-corrected chi connectivity index (χ4v) is 2.48. The minimum atomic E-state index is -4.91. The molecule has 0 bridgehead atoms. The van der Waals surface area contributed by atoms with Gasteiger partial charge in [0.25, 0.3) is 15.8 Å². The van der Waals surface area contributed by atoms with Gasteiger partial charge in [0.1, 0.15) is 24.5 Å². The molecule has 0 unspecified atom stereocenters. The number of nitrogens with zero attached hydrogens (tertiary/aromatic N) is 1. The van der Waals surface area contributed by atoms with Gasteiger partial charge in [-0.1, -0.05) is 35.8 Å². The summed E-state index contributed by atoms with van der Waals surface area (Å²) in [4.78, 5) is 9.65. The van der Waals surface area contributed by atoms with Crippen LogP contribution in [0.2, 0.25) is 0 Å². The number of nitro benzene ring substituents is 1. The monoisotopic (exact) mass is 453 g/mol. The van der Waals surface area contributed by atoms with E-state index in [0.717, 1.165) is 18.4 Å². The SMILES string of the molecule is CS(=O)(=O)OCC#Cc1ccccc1C#CCOc1ccc([N+](=O)[O-])c(C(F)(F)F)c1. The molecule has 0 atom stereocenters. The second-order valence-electron chi connectivity index (χ2n) is 5.84. The van der Waals surface area contributed by atoms with Crippen LogP contribution >= 0.6 is 0 Å². The lowest BCUT2D eigenvalue weighted by atomic mass is 10.1. The van der Waals surface area contributed by atoms with E-state index in [1.807, 2.05) is 0 Å². The molecule has 2 rings (SSSR count). The standard InChI is InChI=1S/C20H14F3NO6S/c1-31(27,28)30-13-5-9-16-7-3-2-6-15(16)8-4-12-29-17-10-11-19(24(25)26)18(14-17)20(21,22)23/h2-3,6-7,10-11,14H,12-13H2,1H3. The first kappa shape index (κ1) is 23.7. The maximum absolute atomic E-state index is 13.0. The van der Waals surface area contributed by atoms with E-state index >= 15 is 0 Å². The van der Waals surface area contributed by atoms with Gasteiger partial charge in [0.2, 0.25) is 0 Å². The van der Waals surface area contributed by atoms with Crippen molar-refractivity contribution in [2.24, 2.45) is 0 Å². The van der Waals surface area contributed by atoms with Crippen LogP contribution in [0.25, 0.3) is 0 Å². The predicted molar refractivity (Wildman–Crippen MR) is 105 cm³/mol. The van der Waals surface area contributed by atoms with Gasteiger partial charge in [-0.2, -0.15) is 21.6 Å². The molecule has 0 spiro atoms. The molecule has 7 nitrogen and oxygen atoms in total. The molecule has 31 heavy (non-hydrogen) atoms. The van der Waals surface area contributed by atoms with Crippen molar-refractivity contribution in [1.82, 2.24) is 0 Å². The third-order valence-electron chi connectivity index (χ3n) is 3.50. The lowest BCUT2D eigenvalue weighted by molar-refractivity contribution is -0.388. The van der Waals surface area contributed by atoms with Gasteiger partial charge in [-0.05, 0) is 24.3 Å². The zero-order valence-electron chi connectivity index (χ0n) is 15.9. The van der Waals surface area contributed by atoms with Crippen LogP contribution in [0.1, 0.15) is 16.7 Å². The van der Waals surface area contributed by atoms with Gasteiger partial charge in [0.05, 0.1) is 11.2 Å². The first-order valence-electron chi connectivity index (χ1n) is 8.37. The maximum Gasteiger partial charge on any atom is 0.423 e. The Hall–Kier alpha value is -3.54. The fourth-order valence-electron chi connectivity index (χ4n) is 2.21. The third-order valence-corrected chi connectivity index (χ3v) is 4.05. The van der Waals surface area contributed by atoms with Crippen molar-refractivity contribution in [3.63, 3.8) is 0 Å². The summed E-state index contributed by atoms with van der Waals surface area (Å²) in [6.45, 7) is -0.612. The van der Waals surface area contributed by atoms with Crippen LogP contribution in [-0.4, -0.2) is 32.8 Å². The Balaban J connectivity index is 2.11. The normalized spacial score (nSPS) is 11.0. The zero-order valence-corrected chi connectivity index (χ0v) is 16.7. The largest absolute Gasteiger partial charge is 0.481 e. The molecule has 0 saturated carbocycles. The molecule has 0 aromatic heterocycles. The minimum Gasteiger partial charge on any atom is -0.481 e. The molecule has 0 saturated heterocycles. The summed E-state index contributed by atoms with van der Waals surface area (Å²) in [5, 5.41) is 10.8. The highest BCUT2D eigenvalue weighted by Gasteiger charge is 2.38. The van der Waals surface area contributed by atoms with E-state index in [1.54, 1.807) is 24.3 Å². The van der Waals surface area contributed by atoms with E-state index in [2.05, 4.69) is 27.9 Å². The molecule has 0 radical (unpaired) electrons. The third kappa shape index (κ3) is 7.66. The zero-order chi connectivity index (χ0) is 23.1. The number of alkyl halides is 3. The van der Waals surface area contributed by atoms with Gasteiger partial charge in [-0.3, -0.25) is 14.3 Å². The molecular weight excluding hydrogens is 439 g/mol. The van der Waals surface area contributed by atoms with E-state index in [0.29, 0.717) is 17.2 Å². The lowest BCUT2D eigenvalue weighted by Gasteiger charge is -2.09. The Morgan fingerprint density at radius 3 is 2.13 bits per heavy atom. The molecule has 162 valence electrons. The van der Waals surface area contributed by atoms with Gasteiger partial charge in [-0.15, -0.1) is 0 Å². The predicted octanol–water partition coefficient (Wildman–Crippen LogP) is 3.37. The smallest absolute Gasteiger partial charge is 0.423 e. The van der Waals surface area contributed by atoms with Crippen LogP contribution < -0.4 is 4.74 Å². The van der Waals surface area contributed by atoms with Crippen molar-refractivity contribution in [3.05, 3.63) is 69.3 Å². The summed E-state index contributed by atoms with van der Waals surface area (Å²) in [6.07, 6.45) is -4.01. The second kappa shape index (κ2) is 9.98. The highest BCUT2D eigenvalue weighted by molar-refractivity contribution is 7.86. The van der Waals surface area contributed by atoms with Crippen molar-refractivity contribution in [2.75, 3.05) is 19.5 Å². The van der Waals surface area contributed by atoms with E-state index < -0.39 is 32.5 Å².